The molecule has 1 aliphatic heterocycles. The Kier molecular flexibility index (Phi) is 4.99. The molecule has 34 heavy (non-hydrogen) atoms. The van der Waals surface area contributed by atoms with E-state index in [2.05, 4.69) is 32.5 Å². The van der Waals surface area contributed by atoms with E-state index in [1.807, 2.05) is 24.3 Å². The zero-order valence-electron chi connectivity index (χ0n) is 18.5. The molecule has 2 N–H and O–H groups in total. The fourth-order valence-electron chi connectivity index (χ4n) is 4.81. The predicted molar refractivity (Wildman–Crippen MR) is 133 cm³/mol. The van der Waals surface area contributed by atoms with Gasteiger partial charge < -0.3 is 10.6 Å². The highest BCUT2D eigenvalue weighted by Crippen LogP contribution is 2.46. The van der Waals surface area contributed by atoms with Crippen LogP contribution < -0.4 is 15.5 Å². The molecule has 0 saturated heterocycles. The highest BCUT2D eigenvalue weighted by Gasteiger charge is 2.34. The maximum Gasteiger partial charge on any atom is 0.331 e. The minimum atomic E-state index is -0.333. The summed E-state index contributed by atoms with van der Waals surface area (Å²) < 4.78 is 0. The van der Waals surface area contributed by atoms with Crippen LogP contribution in [0.1, 0.15) is 35.9 Å². The lowest BCUT2D eigenvalue weighted by atomic mass is 10.1. The molecule has 4 aromatic heterocycles. The number of aromatic nitrogens is 3. The van der Waals surface area contributed by atoms with Crippen molar-refractivity contribution in [3.8, 4) is 11.4 Å². The molecule has 9 heteroatoms. The van der Waals surface area contributed by atoms with E-state index in [0.29, 0.717) is 38.4 Å². The maximum atomic E-state index is 13.3. The Hall–Kier alpha value is -3.85. The monoisotopic (exact) mass is 470 g/mol. The van der Waals surface area contributed by atoms with Crippen molar-refractivity contribution in [1.29, 1.82) is 0 Å². The van der Waals surface area contributed by atoms with Crippen molar-refractivity contribution in [3.63, 3.8) is 0 Å². The van der Waals surface area contributed by atoms with Crippen LogP contribution in [0.5, 0.6) is 0 Å². The van der Waals surface area contributed by atoms with Crippen molar-refractivity contribution in [2.75, 3.05) is 10.2 Å². The van der Waals surface area contributed by atoms with Gasteiger partial charge in [-0.25, -0.2) is 9.78 Å². The summed E-state index contributed by atoms with van der Waals surface area (Å²) in [5.41, 5.74) is 3.26. The lowest BCUT2D eigenvalue weighted by Crippen LogP contribution is -2.37. The number of anilines is 3. The zero-order valence-corrected chi connectivity index (χ0v) is 19.3. The largest absolute Gasteiger partial charge is 0.348 e. The number of amides is 3. The van der Waals surface area contributed by atoms with Gasteiger partial charge in [-0.1, -0.05) is 19.4 Å². The van der Waals surface area contributed by atoms with Crippen LogP contribution in [0.15, 0.2) is 55.0 Å². The minimum absolute atomic E-state index is 0.155. The van der Waals surface area contributed by atoms with Gasteiger partial charge in [-0.15, -0.1) is 11.3 Å². The third kappa shape index (κ3) is 3.40. The van der Waals surface area contributed by atoms with E-state index in [1.54, 1.807) is 35.6 Å². The van der Waals surface area contributed by atoms with Gasteiger partial charge in [-0.05, 0) is 49.1 Å². The number of hydrogen-bond acceptors (Lipinski definition) is 6. The van der Waals surface area contributed by atoms with Crippen molar-refractivity contribution in [3.05, 3.63) is 59.9 Å². The topological polar surface area (TPSA) is 100 Å². The van der Waals surface area contributed by atoms with Gasteiger partial charge in [-0.2, -0.15) is 0 Å². The highest BCUT2D eigenvalue weighted by molar-refractivity contribution is 7.21. The summed E-state index contributed by atoms with van der Waals surface area (Å²) in [6.07, 6.45) is 8.27. The van der Waals surface area contributed by atoms with Crippen molar-refractivity contribution >= 4 is 50.6 Å². The van der Waals surface area contributed by atoms with E-state index < -0.39 is 0 Å². The summed E-state index contributed by atoms with van der Waals surface area (Å²) in [5.74, 6) is 0.297. The van der Waals surface area contributed by atoms with Gasteiger partial charge in [0, 0.05) is 24.6 Å². The Morgan fingerprint density at radius 3 is 2.74 bits per heavy atom. The summed E-state index contributed by atoms with van der Waals surface area (Å²) in [5, 5.41) is 6.90. The van der Waals surface area contributed by atoms with E-state index in [9.17, 15) is 9.59 Å². The third-order valence-electron chi connectivity index (χ3n) is 6.56. The quantitative estimate of drug-likeness (QED) is 0.418. The molecule has 8 nitrogen and oxygen atoms in total. The minimum Gasteiger partial charge on any atom is -0.348 e. The van der Waals surface area contributed by atoms with E-state index in [1.165, 1.54) is 11.3 Å². The van der Waals surface area contributed by atoms with Crippen LogP contribution in [0.3, 0.4) is 0 Å². The van der Waals surface area contributed by atoms with Crippen LogP contribution in [0.2, 0.25) is 0 Å². The molecule has 4 aromatic rings. The summed E-state index contributed by atoms with van der Waals surface area (Å²) in [7, 11) is 0. The molecule has 170 valence electrons. The van der Waals surface area contributed by atoms with E-state index in [0.717, 1.165) is 30.3 Å². The molecule has 3 amide bonds. The molecule has 1 saturated carbocycles. The van der Waals surface area contributed by atoms with Crippen LogP contribution in [0.4, 0.5) is 21.9 Å². The Morgan fingerprint density at radius 2 is 1.94 bits per heavy atom. The van der Waals surface area contributed by atoms with Gasteiger partial charge in [0.25, 0.3) is 5.91 Å². The fourth-order valence-corrected chi connectivity index (χ4v) is 5.83. The van der Waals surface area contributed by atoms with Crippen LogP contribution in [-0.2, 0) is 0 Å². The number of urea groups is 1. The Morgan fingerprint density at radius 1 is 1.09 bits per heavy atom. The van der Waals surface area contributed by atoms with E-state index >= 15 is 0 Å². The Bertz CT molecular complexity index is 1420. The standard InChI is InChI=1S/C25H22N6O2S/c1-14-5-4-7-16(14)29-23(32)22-21-20-19(9-12-28-24(20)34-22)31(25(33)30-21)15-8-11-27-18(13-15)17-6-2-3-10-26-17/h2-3,6,8-14,16H,4-5,7H2,1H3,(H,29,32)(H,30,33)/t14-,16-/m1/s1. The SMILES string of the molecule is C[C@@H]1CCC[C@H]1NC(=O)c1sc2nccc3c2c1NC(=O)N3c1ccnc(-c2ccccn2)c1. The molecular weight excluding hydrogens is 448 g/mol. The second kappa shape index (κ2) is 8.18. The molecule has 1 fully saturated rings. The predicted octanol–water partition coefficient (Wildman–Crippen LogP) is 5.36. The number of pyridine rings is 3. The van der Waals surface area contributed by atoms with Crippen LogP contribution in [0.25, 0.3) is 21.6 Å². The summed E-state index contributed by atoms with van der Waals surface area (Å²) in [6.45, 7) is 2.17. The first-order chi connectivity index (χ1) is 16.6. The molecule has 6 rings (SSSR count). The number of carbonyl (C=O) groups excluding carboxylic acids is 2. The lowest BCUT2D eigenvalue weighted by Gasteiger charge is -2.28. The average Bonchev–Trinajstić information content (AvgIpc) is 3.44. The van der Waals surface area contributed by atoms with Crippen molar-refractivity contribution in [2.24, 2.45) is 5.92 Å². The first-order valence-corrected chi connectivity index (χ1v) is 12.1. The molecule has 0 unspecified atom stereocenters. The molecule has 0 bridgehead atoms. The van der Waals surface area contributed by atoms with Gasteiger partial charge in [0.15, 0.2) is 0 Å². The zero-order chi connectivity index (χ0) is 23.2. The smallest absolute Gasteiger partial charge is 0.331 e. The first kappa shape index (κ1) is 20.7. The van der Waals surface area contributed by atoms with E-state index in [4.69, 9.17) is 0 Å². The lowest BCUT2D eigenvalue weighted by molar-refractivity contribution is 0.0934. The van der Waals surface area contributed by atoms with Gasteiger partial charge in [0.05, 0.1) is 33.8 Å². The van der Waals surface area contributed by atoms with Crippen molar-refractivity contribution in [2.45, 2.75) is 32.2 Å². The van der Waals surface area contributed by atoms with Crippen LogP contribution >= 0.6 is 11.3 Å². The first-order valence-electron chi connectivity index (χ1n) is 11.3. The summed E-state index contributed by atoms with van der Waals surface area (Å²) >= 11 is 1.31. The summed E-state index contributed by atoms with van der Waals surface area (Å²) in [6, 6.07) is 10.9. The van der Waals surface area contributed by atoms with Crippen molar-refractivity contribution in [1.82, 2.24) is 20.3 Å². The average molecular weight is 471 g/mol. The Labute approximate surface area is 200 Å². The maximum absolute atomic E-state index is 13.3. The van der Waals surface area contributed by atoms with Crippen LogP contribution in [0, 0.1) is 5.92 Å². The van der Waals surface area contributed by atoms with Gasteiger partial charge in [0.2, 0.25) is 0 Å². The normalized spacial score (nSPS) is 19.3. The molecule has 1 aliphatic carbocycles. The molecule has 2 atom stereocenters. The van der Waals surface area contributed by atoms with Crippen molar-refractivity contribution < 1.29 is 9.59 Å². The number of rotatable bonds is 4. The van der Waals surface area contributed by atoms with Crippen LogP contribution in [-0.4, -0.2) is 32.9 Å². The number of nitrogens with zero attached hydrogens (tertiary/aromatic N) is 4. The second-order valence-corrected chi connectivity index (χ2v) is 9.68. The third-order valence-corrected chi connectivity index (χ3v) is 7.66. The summed E-state index contributed by atoms with van der Waals surface area (Å²) in [4.78, 5) is 42.6. The molecule has 0 radical (unpaired) electrons. The molecular formula is C25H22N6O2S. The molecule has 0 aromatic carbocycles. The number of carbonyl (C=O) groups is 2. The van der Waals surface area contributed by atoms with E-state index in [-0.39, 0.29) is 18.0 Å². The highest BCUT2D eigenvalue weighted by atomic mass is 32.1. The number of hydrogen-bond donors (Lipinski definition) is 2. The number of nitrogens with one attached hydrogen (secondary N) is 2. The fraction of sp³-hybridized carbons (Fsp3) is 0.240. The molecule has 0 spiro atoms. The molecule has 2 aliphatic rings. The van der Waals surface area contributed by atoms with Gasteiger partial charge >= 0.3 is 6.03 Å². The molecule has 5 heterocycles. The second-order valence-electron chi connectivity index (χ2n) is 8.68. The Balaban J connectivity index is 1.41. The van der Waals surface area contributed by atoms with Gasteiger partial charge in [0.1, 0.15) is 9.71 Å². The number of thiophene rings is 1. The van der Waals surface area contributed by atoms with Gasteiger partial charge in [-0.3, -0.25) is 19.7 Å².